The summed E-state index contributed by atoms with van der Waals surface area (Å²) in [5, 5.41) is 0. The summed E-state index contributed by atoms with van der Waals surface area (Å²) in [6, 6.07) is 8.47. The van der Waals surface area contributed by atoms with Crippen molar-refractivity contribution in [3.63, 3.8) is 0 Å². The molecule has 2 saturated heterocycles. The van der Waals surface area contributed by atoms with Gasteiger partial charge in [0.1, 0.15) is 18.0 Å². The number of imidazole rings is 2. The average molecular weight is 521 g/mol. The standard InChI is InChI=1S/C26H32N8O4/c1-5-20-27-18-8-6-7-9-19(18)34(20)25-29-22-21(23(30-25)32-10-12-37-13-11-32)28-26(31(22)3)38-17-14-33(15-17)24(35)16(2)36-4/h6-9,16-17H,5,10-15H2,1-4H3. The maximum absolute atomic E-state index is 12.4. The van der Waals surface area contributed by atoms with Crippen LogP contribution in [0.25, 0.3) is 28.1 Å². The van der Waals surface area contributed by atoms with Gasteiger partial charge in [-0.25, -0.2) is 4.98 Å². The first-order valence-corrected chi connectivity index (χ1v) is 13.0. The van der Waals surface area contributed by atoms with E-state index in [1.807, 2.05) is 40.4 Å². The van der Waals surface area contributed by atoms with E-state index < -0.39 is 6.10 Å². The molecular formula is C26H32N8O4. The third kappa shape index (κ3) is 4.13. The Hall–Kier alpha value is -3.77. The molecule has 3 aromatic heterocycles. The Bertz CT molecular complexity index is 1490. The quantitative estimate of drug-likeness (QED) is 0.359. The molecule has 5 heterocycles. The highest BCUT2D eigenvalue weighted by atomic mass is 16.5. The second-order valence-electron chi connectivity index (χ2n) is 9.64. The highest BCUT2D eigenvalue weighted by molar-refractivity contribution is 5.86. The lowest BCUT2D eigenvalue weighted by molar-refractivity contribution is -0.150. The normalized spacial score (nSPS) is 17.3. The van der Waals surface area contributed by atoms with E-state index in [4.69, 9.17) is 34.1 Å². The van der Waals surface area contributed by atoms with Crippen molar-refractivity contribution in [2.45, 2.75) is 32.5 Å². The second kappa shape index (κ2) is 9.84. The number of aromatic nitrogens is 6. The van der Waals surface area contributed by atoms with Crippen LogP contribution in [0.15, 0.2) is 24.3 Å². The van der Waals surface area contributed by atoms with Crippen LogP contribution < -0.4 is 9.64 Å². The smallest absolute Gasteiger partial charge is 0.298 e. The number of nitrogens with zero attached hydrogens (tertiary/aromatic N) is 8. The molecule has 200 valence electrons. The minimum Gasteiger partial charge on any atom is -0.458 e. The van der Waals surface area contributed by atoms with Gasteiger partial charge in [-0.05, 0) is 19.1 Å². The van der Waals surface area contributed by atoms with Gasteiger partial charge in [-0.2, -0.15) is 15.0 Å². The molecule has 1 atom stereocenters. The molecule has 38 heavy (non-hydrogen) atoms. The molecule has 1 aromatic carbocycles. The number of carbonyl (C=O) groups is 1. The predicted octanol–water partition coefficient (Wildman–Crippen LogP) is 1.73. The summed E-state index contributed by atoms with van der Waals surface area (Å²) in [6.07, 6.45) is 0.118. The molecule has 2 fully saturated rings. The molecule has 12 nitrogen and oxygen atoms in total. The van der Waals surface area contributed by atoms with E-state index in [2.05, 4.69) is 11.8 Å². The number of aryl methyl sites for hydroxylation is 2. The number of methoxy groups -OCH3 is 1. The molecule has 0 spiro atoms. The maximum atomic E-state index is 12.4. The molecule has 6 rings (SSSR count). The van der Waals surface area contributed by atoms with Crippen LogP contribution in [-0.2, 0) is 27.7 Å². The first kappa shape index (κ1) is 24.6. The summed E-state index contributed by atoms with van der Waals surface area (Å²) in [7, 11) is 3.43. The fourth-order valence-electron chi connectivity index (χ4n) is 4.95. The Balaban J connectivity index is 1.40. The molecule has 1 amide bonds. The Morgan fingerprint density at radius 1 is 1.13 bits per heavy atom. The van der Waals surface area contributed by atoms with Crippen molar-refractivity contribution >= 4 is 33.9 Å². The average Bonchev–Trinajstić information content (AvgIpc) is 3.46. The number of carbonyl (C=O) groups excluding carboxylic acids is 1. The van der Waals surface area contributed by atoms with Gasteiger partial charge in [0.2, 0.25) is 5.95 Å². The highest BCUT2D eigenvalue weighted by Gasteiger charge is 2.36. The van der Waals surface area contributed by atoms with Gasteiger partial charge in [-0.15, -0.1) is 0 Å². The van der Waals surface area contributed by atoms with Crippen LogP contribution in [0, 0.1) is 0 Å². The van der Waals surface area contributed by atoms with Gasteiger partial charge < -0.3 is 24.0 Å². The molecule has 0 radical (unpaired) electrons. The Labute approximate surface area is 220 Å². The minimum atomic E-state index is -0.469. The van der Waals surface area contributed by atoms with Crippen LogP contribution in [0.1, 0.15) is 19.7 Å². The van der Waals surface area contributed by atoms with Crippen LogP contribution in [0.2, 0.25) is 0 Å². The number of para-hydroxylation sites is 2. The molecule has 12 heteroatoms. The molecular weight excluding hydrogens is 488 g/mol. The van der Waals surface area contributed by atoms with Crippen molar-refractivity contribution in [2.24, 2.45) is 7.05 Å². The summed E-state index contributed by atoms with van der Waals surface area (Å²) in [6.45, 7) is 7.47. The number of hydrogen-bond donors (Lipinski definition) is 0. The third-order valence-electron chi connectivity index (χ3n) is 7.24. The largest absolute Gasteiger partial charge is 0.458 e. The number of rotatable bonds is 7. The summed E-state index contributed by atoms with van der Waals surface area (Å²) < 4.78 is 20.9. The topological polar surface area (TPSA) is 113 Å². The molecule has 0 N–H and O–H groups in total. The first-order chi connectivity index (χ1) is 18.5. The molecule has 1 unspecified atom stereocenters. The molecule has 0 aliphatic carbocycles. The number of hydrogen-bond acceptors (Lipinski definition) is 9. The lowest BCUT2D eigenvalue weighted by Gasteiger charge is -2.39. The number of ether oxygens (including phenoxy) is 3. The molecule has 2 aliphatic heterocycles. The predicted molar refractivity (Wildman–Crippen MR) is 141 cm³/mol. The van der Waals surface area contributed by atoms with Gasteiger partial charge in [-0.1, -0.05) is 19.1 Å². The van der Waals surface area contributed by atoms with E-state index >= 15 is 0 Å². The van der Waals surface area contributed by atoms with Crippen molar-refractivity contribution in [3.8, 4) is 12.0 Å². The van der Waals surface area contributed by atoms with E-state index in [1.165, 1.54) is 7.11 Å². The van der Waals surface area contributed by atoms with E-state index in [0.29, 0.717) is 62.5 Å². The Kier molecular flexibility index (Phi) is 6.36. The van der Waals surface area contributed by atoms with E-state index in [0.717, 1.165) is 29.1 Å². The lowest BCUT2D eigenvalue weighted by atomic mass is 10.1. The van der Waals surface area contributed by atoms with Gasteiger partial charge in [0.05, 0.1) is 37.3 Å². The van der Waals surface area contributed by atoms with Crippen LogP contribution in [0.4, 0.5) is 5.82 Å². The molecule has 4 aromatic rings. The molecule has 0 saturated carbocycles. The fraction of sp³-hybridized carbons (Fsp3) is 0.500. The monoisotopic (exact) mass is 520 g/mol. The van der Waals surface area contributed by atoms with Crippen molar-refractivity contribution in [3.05, 3.63) is 30.1 Å². The van der Waals surface area contributed by atoms with Crippen molar-refractivity contribution in [2.75, 3.05) is 51.4 Å². The van der Waals surface area contributed by atoms with Gasteiger partial charge in [0, 0.05) is 33.7 Å². The maximum Gasteiger partial charge on any atom is 0.298 e. The highest BCUT2D eigenvalue weighted by Crippen LogP contribution is 2.31. The SMILES string of the molecule is CCc1nc2ccccc2n1-c1nc(N2CCOCC2)c2nc(OC3CN(C(=O)C(C)OC)C3)n(C)c2n1. The summed E-state index contributed by atoms with van der Waals surface area (Å²) in [5.74, 6) is 2.15. The van der Waals surface area contributed by atoms with Crippen molar-refractivity contribution < 1.29 is 19.0 Å². The summed E-state index contributed by atoms with van der Waals surface area (Å²) in [4.78, 5) is 36.0. The summed E-state index contributed by atoms with van der Waals surface area (Å²) >= 11 is 0. The lowest BCUT2D eigenvalue weighted by Crippen LogP contribution is -2.58. The van der Waals surface area contributed by atoms with Crippen LogP contribution >= 0.6 is 0 Å². The Morgan fingerprint density at radius 2 is 1.89 bits per heavy atom. The number of benzene rings is 1. The minimum absolute atomic E-state index is 0.0400. The zero-order valence-electron chi connectivity index (χ0n) is 22.1. The van der Waals surface area contributed by atoms with Gasteiger partial charge in [0.25, 0.3) is 11.9 Å². The van der Waals surface area contributed by atoms with E-state index in [1.54, 1.807) is 11.8 Å². The van der Waals surface area contributed by atoms with E-state index in [9.17, 15) is 4.79 Å². The van der Waals surface area contributed by atoms with Crippen LogP contribution in [-0.4, -0.2) is 98.6 Å². The molecule has 2 aliphatic rings. The zero-order valence-corrected chi connectivity index (χ0v) is 22.1. The van der Waals surface area contributed by atoms with Gasteiger partial charge in [-0.3, -0.25) is 13.9 Å². The van der Waals surface area contributed by atoms with E-state index in [-0.39, 0.29) is 12.0 Å². The molecule has 0 bridgehead atoms. The van der Waals surface area contributed by atoms with Gasteiger partial charge >= 0.3 is 0 Å². The number of likely N-dealkylation sites (tertiary alicyclic amines) is 1. The van der Waals surface area contributed by atoms with Crippen molar-refractivity contribution in [1.82, 2.24) is 34.0 Å². The number of morpholine rings is 1. The van der Waals surface area contributed by atoms with Crippen LogP contribution in [0.3, 0.4) is 0 Å². The summed E-state index contributed by atoms with van der Waals surface area (Å²) in [5.41, 5.74) is 3.21. The van der Waals surface area contributed by atoms with Crippen molar-refractivity contribution in [1.29, 1.82) is 0 Å². The number of anilines is 1. The first-order valence-electron chi connectivity index (χ1n) is 13.0. The number of fused-ring (bicyclic) bond motifs is 2. The third-order valence-corrected chi connectivity index (χ3v) is 7.24. The van der Waals surface area contributed by atoms with Crippen LogP contribution in [0.5, 0.6) is 6.01 Å². The Morgan fingerprint density at radius 3 is 2.63 bits per heavy atom. The van der Waals surface area contributed by atoms with Gasteiger partial charge in [0.15, 0.2) is 17.0 Å². The second-order valence-corrected chi connectivity index (χ2v) is 9.64. The zero-order chi connectivity index (χ0) is 26.4. The fourth-order valence-corrected chi connectivity index (χ4v) is 4.95. The number of amides is 1.